The average Bonchev–Trinajstić information content (AvgIpc) is 2.46. The summed E-state index contributed by atoms with van der Waals surface area (Å²) in [5.74, 6) is 0.363. The highest BCUT2D eigenvalue weighted by atomic mass is 16.5. The van der Waals surface area contributed by atoms with Crippen molar-refractivity contribution in [3.63, 3.8) is 0 Å². The van der Waals surface area contributed by atoms with E-state index >= 15 is 0 Å². The highest BCUT2D eigenvalue weighted by Gasteiger charge is 2.15. The Kier molecular flexibility index (Phi) is 4.25. The van der Waals surface area contributed by atoms with Crippen LogP contribution in [0.25, 0.3) is 11.1 Å². The third-order valence-electron chi connectivity index (χ3n) is 3.05. The normalized spacial score (nSPS) is 10.1. The smallest absolute Gasteiger partial charge is 0.307 e. The molecule has 0 bridgehead atoms. The summed E-state index contributed by atoms with van der Waals surface area (Å²) < 4.78 is 10.7. The van der Waals surface area contributed by atoms with Crippen LogP contribution < -0.4 is 9.47 Å². The van der Waals surface area contributed by atoms with Crippen LogP contribution in [0.15, 0.2) is 42.5 Å². The molecule has 2 aromatic carbocycles. The first-order chi connectivity index (χ1) is 9.67. The van der Waals surface area contributed by atoms with Crippen LogP contribution in [0.5, 0.6) is 11.5 Å². The fourth-order valence-corrected chi connectivity index (χ4v) is 2.20. The van der Waals surface area contributed by atoms with Gasteiger partial charge >= 0.3 is 5.97 Å². The van der Waals surface area contributed by atoms with Crippen molar-refractivity contribution >= 4 is 5.97 Å². The van der Waals surface area contributed by atoms with E-state index in [4.69, 9.17) is 14.6 Å². The van der Waals surface area contributed by atoms with Crippen LogP contribution in [0.4, 0.5) is 0 Å². The Morgan fingerprint density at radius 1 is 1.00 bits per heavy atom. The third kappa shape index (κ3) is 2.74. The Balaban J connectivity index is 2.59. The van der Waals surface area contributed by atoms with Gasteiger partial charge in [-0.25, -0.2) is 0 Å². The Bertz CT molecular complexity index is 620. The molecule has 0 spiro atoms. The zero-order valence-corrected chi connectivity index (χ0v) is 11.4. The molecule has 0 aliphatic rings. The van der Waals surface area contributed by atoms with Gasteiger partial charge in [0.1, 0.15) is 0 Å². The number of hydrogen-bond acceptors (Lipinski definition) is 3. The summed E-state index contributed by atoms with van der Waals surface area (Å²) >= 11 is 0. The quantitative estimate of drug-likeness (QED) is 0.909. The van der Waals surface area contributed by atoms with E-state index in [0.717, 1.165) is 16.7 Å². The molecule has 0 saturated heterocycles. The maximum Gasteiger partial charge on any atom is 0.307 e. The number of benzene rings is 2. The monoisotopic (exact) mass is 272 g/mol. The summed E-state index contributed by atoms with van der Waals surface area (Å²) in [5.41, 5.74) is 2.40. The van der Waals surface area contributed by atoms with Crippen molar-refractivity contribution in [2.75, 3.05) is 14.2 Å². The predicted octanol–water partition coefficient (Wildman–Crippen LogP) is 3.00. The second-order valence-electron chi connectivity index (χ2n) is 4.27. The number of ether oxygens (including phenoxy) is 2. The van der Waals surface area contributed by atoms with Crippen molar-refractivity contribution in [1.82, 2.24) is 0 Å². The zero-order valence-electron chi connectivity index (χ0n) is 11.4. The van der Waals surface area contributed by atoms with Crippen molar-refractivity contribution in [1.29, 1.82) is 0 Å². The first kappa shape index (κ1) is 13.9. The van der Waals surface area contributed by atoms with E-state index in [1.807, 2.05) is 42.5 Å². The van der Waals surface area contributed by atoms with Gasteiger partial charge in [0.2, 0.25) is 0 Å². The molecule has 0 atom stereocenters. The second-order valence-corrected chi connectivity index (χ2v) is 4.27. The molecular weight excluding hydrogens is 256 g/mol. The van der Waals surface area contributed by atoms with Crippen molar-refractivity contribution in [2.24, 2.45) is 0 Å². The van der Waals surface area contributed by atoms with Gasteiger partial charge in [0, 0.05) is 5.56 Å². The van der Waals surface area contributed by atoms with E-state index in [1.165, 1.54) is 0 Å². The van der Waals surface area contributed by atoms with Crippen LogP contribution in [-0.2, 0) is 11.2 Å². The average molecular weight is 272 g/mol. The molecule has 20 heavy (non-hydrogen) atoms. The minimum absolute atomic E-state index is 0.0312. The van der Waals surface area contributed by atoms with Crippen LogP contribution in [0.1, 0.15) is 5.56 Å². The summed E-state index contributed by atoms with van der Waals surface area (Å²) in [7, 11) is 3.14. The lowest BCUT2D eigenvalue weighted by Crippen LogP contribution is -2.02. The molecule has 2 aromatic rings. The summed E-state index contributed by atoms with van der Waals surface area (Å²) in [6, 6.07) is 12.9. The molecule has 1 N–H and O–H groups in total. The highest BCUT2D eigenvalue weighted by molar-refractivity contribution is 5.80. The van der Waals surface area contributed by atoms with E-state index in [1.54, 1.807) is 14.2 Å². The molecule has 0 radical (unpaired) electrons. The van der Waals surface area contributed by atoms with E-state index in [-0.39, 0.29) is 6.42 Å². The molecule has 0 unspecified atom stereocenters. The van der Waals surface area contributed by atoms with Gasteiger partial charge in [-0.3, -0.25) is 4.79 Å². The van der Waals surface area contributed by atoms with Crippen LogP contribution in [0, 0.1) is 0 Å². The first-order valence-electron chi connectivity index (χ1n) is 6.18. The number of methoxy groups -OCH3 is 2. The highest BCUT2D eigenvalue weighted by Crippen LogP contribution is 2.39. The Hall–Kier alpha value is -2.49. The number of aliphatic carboxylic acids is 1. The van der Waals surface area contributed by atoms with Crippen molar-refractivity contribution in [3.8, 4) is 22.6 Å². The fraction of sp³-hybridized carbons (Fsp3) is 0.188. The number of rotatable bonds is 5. The Morgan fingerprint density at radius 2 is 1.70 bits per heavy atom. The summed E-state index contributed by atoms with van der Waals surface area (Å²) in [5, 5.41) is 9.01. The van der Waals surface area contributed by atoms with E-state index in [2.05, 4.69) is 0 Å². The van der Waals surface area contributed by atoms with Crippen molar-refractivity contribution < 1.29 is 19.4 Å². The van der Waals surface area contributed by atoms with E-state index in [9.17, 15) is 4.79 Å². The molecule has 4 nitrogen and oxygen atoms in total. The third-order valence-corrected chi connectivity index (χ3v) is 3.05. The molecule has 0 aliphatic heterocycles. The number of carboxylic acid groups (broad SMARTS) is 1. The standard InChI is InChI=1S/C16H16O4/c1-19-14-9-5-8-13(16(14)20-2)12-7-4-3-6-11(12)10-15(17)18/h3-9H,10H2,1-2H3,(H,17,18). The van der Waals surface area contributed by atoms with Gasteiger partial charge in [-0.2, -0.15) is 0 Å². The molecule has 0 aromatic heterocycles. The predicted molar refractivity (Wildman–Crippen MR) is 76.3 cm³/mol. The van der Waals surface area contributed by atoms with Crippen LogP contribution >= 0.6 is 0 Å². The van der Waals surface area contributed by atoms with Gasteiger partial charge in [0.15, 0.2) is 11.5 Å². The maximum atomic E-state index is 11.0. The number of carbonyl (C=O) groups is 1. The SMILES string of the molecule is COc1cccc(-c2ccccc2CC(=O)O)c1OC. The molecule has 2 rings (SSSR count). The van der Waals surface area contributed by atoms with E-state index in [0.29, 0.717) is 11.5 Å². The van der Waals surface area contributed by atoms with Crippen molar-refractivity contribution in [3.05, 3.63) is 48.0 Å². The Morgan fingerprint density at radius 3 is 2.35 bits per heavy atom. The van der Waals surface area contributed by atoms with Gasteiger partial charge in [-0.1, -0.05) is 36.4 Å². The lowest BCUT2D eigenvalue weighted by Gasteiger charge is -2.14. The van der Waals surface area contributed by atoms with Gasteiger partial charge in [0.25, 0.3) is 0 Å². The second kappa shape index (κ2) is 6.10. The molecule has 0 fully saturated rings. The summed E-state index contributed by atoms with van der Waals surface area (Å²) in [4.78, 5) is 11.0. The fourth-order valence-electron chi connectivity index (χ4n) is 2.20. The molecule has 4 heteroatoms. The van der Waals surface area contributed by atoms with Gasteiger partial charge in [0.05, 0.1) is 20.6 Å². The molecule has 0 aliphatic carbocycles. The molecular formula is C16H16O4. The van der Waals surface area contributed by atoms with Crippen LogP contribution in [0.2, 0.25) is 0 Å². The lowest BCUT2D eigenvalue weighted by molar-refractivity contribution is -0.136. The minimum Gasteiger partial charge on any atom is -0.493 e. The van der Waals surface area contributed by atoms with Gasteiger partial charge < -0.3 is 14.6 Å². The van der Waals surface area contributed by atoms with E-state index < -0.39 is 5.97 Å². The maximum absolute atomic E-state index is 11.0. The number of carboxylic acids is 1. The first-order valence-corrected chi connectivity index (χ1v) is 6.18. The number of para-hydroxylation sites is 1. The van der Waals surface area contributed by atoms with Gasteiger partial charge in [-0.05, 0) is 17.2 Å². The molecule has 0 saturated carbocycles. The molecule has 0 heterocycles. The summed E-state index contributed by atoms with van der Waals surface area (Å²) in [6.45, 7) is 0. The lowest BCUT2D eigenvalue weighted by atomic mass is 9.96. The zero-order chi connectivity index (χ0) is 14.5. The summed E-state index contributed by atoms with van der Waals surface area (Å²) in [6.07, 6.45) is -0.0312. The Labute approximate surface area is 117 Å². The van der Waals surface area contributed by atoms with Crippen molar-refractivity contribution in [2.45, 2.75) is 6.42 Å². The molecule has 104 valence electrons. The minimum atomic E-state index is -0.862. The number of hydrogen-bond donors (Lipinski definition) is 1. The largest absolute Gasteiger partial charge is 0.493 e. The molecule has 0 amide bonds. The van der Waals surface area contributed by atoms with Crippen LogP contribution in [-0.4, -0.2) is 25.3 Å². The topological polar surface area (TPSA) is 55.8 Å². The van der Waals surface area contributed by atoms with Crippen LogP contribution in [0.3, 0.4) is 0 Å². The van der Waals surface area contributed by atoms with Gasteiger partial charge in [-0.15, -0.1) is 0 Å².